The second-order valence-corrected chi connectivity index (χ2v) is 24.7. The summed E-state index contributed by atoms with van der Waals surface area (Å²) < 4.78 is 54.0. The van der Waals surface area contributed by atoms with E-state index in [1.165, 1.54) is 52.3 Å². The van der Waals surface area contributed by atoms with Gasteiger partial charge >= 0.3 is 0 Å². The van der Waals surface area contributed by atoms with Crippen molar-refractivity contribution < 1.29 is 26.6 Å². The molecule has 0 aromatic heterocycles. The molecule has 1 N–H and O–H groups in total. The van der Waals surface area contributed by atoms with Crippen molar-refractivity contribution in [2.45, 2.75) is 195 Å². The smallest absolute Gasteiger partial charge is 0.209 e. The Morgan fingerprint density at radius 2 is 1.15 bits per heavy atom. The fourth-order valence-electron chi connectivity index (χ4n) is 15.3. The van der Waals surface area contributed by atoms with E-state index >= 15 is 0 Å². The van der Waals surface area contributed by atoms with Crippen molar-refractivity contribution in [2.24, 2.45) is 57.2 Å². The van der Waals surface area contributed by atoms with Crippen LogP contribution in [0.5, 0.6) is 0 Å². The van der Waals surface area contributed by atoms with E-state index in [1.54, 1.807) is 29.2 Å². The van der Waals surface area contributed by atoms with Gasteiger partial charge in [-0.25, -0.2) is 0 Å². The van der Waals surface area contributed by atoms with E-state index in [4.69, 9.17) is 22.1 Å². The van der Waals surface area contributed by atoms with Crippen LogP contribution in [0.4, 0.5) is 0 Å². The first-order valence-corrected chi connectivity index (χ1v) is 28.6. The van der Waals surface area contributed by atoms with Gasteiger partial charge in [0.15, 0.2) is 0 Å². The maximum atomic E-state index is 11.4. The second kappa shape index (κ2) is 22.4. The first-order valence-electron chi connectivity index (χ1n) is 27.6. The fraction of sp³-hybridized carbons (Fsp3) is 0.755. The molecular weight excluding hydrogens is 904 g/mol. The van der Waals surface area contributed by atoms with E-state index in [0.29, 0.717) is 47.7 Å². The predicted molar refractivity (Wildman–Crippen MR) is 293 cm³/mol. The van der Waals surface area contributed by atoms with Crippen LogP contribution in [-0.4, -0.2) is 74.6 Å². The highest BCUT2D eigenvalue weighted by atomic mass is 32.2. The molecule has 6 nitrogen and oxygen atoms in total. The molecule has 0 aromatic carbocycles. The summed E-state index contributed by atoms with van der Waals surface area (Å²) >= 11 is 4.43. The molecule has 0 heterocycles. The molecule has 0 spiro atoms. The van der Waals surface area contributed by atoms with Crippen LogP contribution in [-0.2, 0) is 21.5 Å². The number of carbonyl (C=O) groups excluding carboxylic acids is 1. The van der Waals surface area contributed by atoms with Crippen LogP contribution in [0.2, 0.25) is 0 Å². The zero-order valence-corrected chi connectivity index (χ0v) is 45.2. The van der Waals surface area contributed by atoms with Crippen molar-refractivity contribution in [3.63, 3.8) is 0 Å². The summed E-state index contributed by atoms with van der Waals surface area (Å²) in [4.78, 5) is 11.4. The molecule has 0 saturated heterocycles. The molecule has 0 bridgehead atoms. The molecule has 0 aliphatic heterocycles. The Morgan fingerprint density at radius 1 is 0.716 bits per heavy atom. The van der Waals surface area contributed by atoms with E-state index in [1.807, 2.05) is 13.8 Å². The topological polar surface area (TPSA) is 74.2 Å². The lowest BCUT2D eigenvalue weighted by Crippen LogP contribution is -2.52. The summed E-state index contributed by atoms with van der Waals surface area (Å²) in [6, 6.07) is 0. The number of fused-ring (bicyclic) bond motifs is 10. The third-order valence-electron chi connectivity index (χ3n) is 18.9. The molecule has 0 aromatic rings. The van der Waals surface area contributed by atoms with Crippen LogP contribution in [0.15, 0.2) is 69.9 Å². The van der Waals surface area contributed by atoms with Gasteiger partial charge in [-0.1, -0.05) is 165 Å². The Hall–Kier alpha value is -0.430. The van der Waals surface area contributed by atoms with Crippen LogP contribution in [0.1, 0.15) is 165 Å². The van der Waals surface area contributed by atoms with Crippen LogP contribution < -0.4 is 0 Å². The number of rotatable bonds is 22. The lowest BCUT2D eigenvalue weighted by molar-refractivity contribution is -0.117. The van der Waals surface area contributed by atoms with Crippen LogP contribution >= 0.6 is 47.6 Å². The summed E-state index contributed by atoms with van der Waals surface area (Å²) in [6.07, 6.45) is 30.5. The Labute approximate surface area is 433 Å². The molecule has 14 atom stereocenters. The molecule has 14 heteroatoms. The maximum absolute atomic E-state index is 11.4. The van der Waals surface area contributed by atoms with Gasteiger partial charge in [-0.3, -0.25) is 0 Å². The molecule has 4 unspecified atom stereocenters. The van der Waals surface area contributed by atoms with Gasteiger partial charge in [-0.05, 0) is 150 Å². The van der Waals surface area contributed by atoms with Gasteiger partial charge in [0.25, 0.3) is 0 Å². The van der Waals surface area contributed by atoms with Gasteiger partial charge in [0.1, 0.15) is 5.78 Å². The highest BCUT2D eigenvalue weighted by molar-refractivity contribution is 8.16. The van der Waals surface area contributed by atoms with Gasteiger partial charge in [0, 0.05) is 30.1 Å². The average Bonchev–Trinajstić information content (AvgIpc) is 3.88. The molecule has 8 aliphatic rings. The monoisotopic (exact) mass is 993 g/mol. The first-order chi connectivity index (χ1) is 33.8. The third kappa shape index (κ3) is 10.8. The van der Waals surface area contributed by atoms with Crippen molar-refractivity contribution in [3.05, 3.63) is 69.9 Å². The minimum Gasteiger partial charge on any atom is -0.390 e. The lowest BCUT2D eigenvalue weighted by atomic mass is 9.49. The minimum atomic E-state index is -0.586. The van der Waals surface area contributed by atoms with E-state index in [9.17, 15) is 9.90 Å². The highest BCUT2D eigenvalue weighted by Gasteiger charge is 2.60. The maximum Gasteiger partial charge on any atom is 0.209 e. The van der Waals surface area contributed by atoms with Crippen molar-refractivity contribution >= 4 is 81.7 Å². The molecule has 364 valence electrons. The Balaban J connectivity index is 0.000000209. The molecule has 8 rings (SSSR count). The van der Waals surface area contributed by atoms with Crippen molar-refractivity contribution in [2.75, 3.05) is 0 Å². The van der Waals surface area contributed by atoms with Crippen molar-refractivity contribution in [3.8, 4) is 0 Å². The standard InChI is InChI=1S/C27H42B2O3S2.C26H38B2O3S2/c1-17(7-6-13-25(2,3)30)21-10-11-22-20-9-8-18-15-19(31-33-28)16-24(32-34-29)27(18,5)23(20)12-14-26(21,22)4;1-16(6-5-7-17(2)29)21-10-11-22-20-9-8-18-14-19(30-32-27)15-24(31-33-28)26(18,4)23(20)12-13-25(21,22)3/h8-10,17,19,22-24,28-30H,6-7,11-16H2,1-5H3;8-10,16,19,22-24,27-28H,5-7,11-15H2,1-4H3/t17-,19-,22?,23?,24+,26-,27+;16-,19-,22?,23?,24+,25-,26+/m11/s1/i28T,29T;27T,28T. The number of Topliss-reactive ketones (excluding diaryl/α,β-unsaturated/α-hetero) is 1. The fourth-order valence-corrected chi connectivity index (χ4v) is 16.7. The number of carbonyl (C=O) groups is 1. The zero-order valence-electron chi connectivity index (χ0n) is 46.0. The van der Waals surface area contributed by atoms with Crippen molar-refractivity contribution in [1.82, 2.24) is 0 Å². The van der Waals surface area contributed by atoms with Gasteiger partial charge in [-0.2, -0.15) is 0 Å². The molecule has 0 amide bonds. The molecule has 8 aliphatic carbocycles. The quantitative estimate of drug-likeness (QED) is 0.0644. The van der Waals surface area contributed by atoms with Crippen LogP contribution in [0.3, 0.4) is 0 Å². The zero-order chi connectivity index (χ0) is 51.4. The van der Waals surface area contributed by atoms with E-state index < -0.39 is 5.60 Å². The van der Waals surface area contributed by atoms with E-state index in [-0.39, 0.29) is 46.1 Å². The van der Waals surface area contributed by atoms with Gasteiger partial charge in [0.05, 0.1) is 30.0 Å². The van der Waals surface area contributed by atoms with Gasteiger partial charge in [0.2, 0.25) is 28.4 Å². The van der Waals surface area contributed by atoms with Crippen LogP contribution in [0.25, 0.3) is 0 Å². The second-order valence-electron chi connectivity index (χ2n) is 23.2. The first kappa shape index (κ1) is 48.8. The molecule has 67 heavy (non-hydrogen) atoms. The number of ketones is 1. The SMILES string of the molecule is [3H][B]SO[C@@H]1CC2=CC=C3C(CC[C@]4(C)C([C@H](C)CCCC(C)(C)O)=CCC34)[C@@]2(C)[C@@H](OS[B][3H])C1.[3H][B]SO[C@@H]1CC2=CC=C3C(CC[C@]4(C)C([C@H](C)CCCC(C)=O)=CCC34)[C@@]2(C)[C@@H](OS[B][3H])C1. The molecule has 4 fully saturated rings. The Kier molecular flexibility index (Phi) is 16.3. The highest BCUT2D eigenvalue weighted by Crippen LogP contribution is 2.67. The molecular formula is C53H80B4O6S4. The number of hydrogen-bond acceptors (Lipinski definition) is 10. The van der Waals surface area contributed by atoms with E-state index in [2.05, 4.69) is 78.0 Å². The van der Waals surface area contributed by atoms with E-state index in [0.717, 1.165) is 131 Å². The summed E-state index contributed by atoms with van der Waals surface area (Å²) in [5, 5.41) is 10.1. The molecule has 4 radical (unpaired) electrons. The van der Waals surface area contributed by atoms with Gasteiger partial charge in [-0.15, -0.1) is 0 Å². The lowest BCUT2D eigenvalue weighted by Gasteiger charge is -2.57. The van der Waals surface area contributed by atoms with Crippen LogP contribution in [0, 0.1) is 57.2 Å². The Bertz CT molecular complexity index is 2070. The largest absolute Gasteiger partial charge is 0.390 e. The summed E-state index contributed by atoms with van der Waals surface area (Å²) in [5.41, 5.74) is 8.80. The van der Waals surface area contributed by atoms with Gasteiger partial charge < -0.3 is 26.6 Å². The minimum absolute atomic E-state index is 0.0108. The predicted octanol–water partition coefficient (Wildman–Crippen LogP) is 12.4. The summed E-state index contributed by atoms with van der Waals surface area (Å²) in [7, 11) is 5.01. The van der Waals surface area contributed by atoms with Crippen molar-refractivity contribution in [1.29, 1.82) is 5.34 Å². The average molecular weight is 993 g/mol. The number of hydrogen-bond donors (Lipinski definition) is 1. The number of aliphatic hydroxyl groups is 1. The Morgan fingerprint density at radius 3 is 1.57 bits per heavy atom. The summed E-state index contributed by atoms with van der Waals surface area (Å²) in [6.45, 7) is 20.0. The third-order valence-corrected chi connectivity index (χ3v) is 20.3. The molecule has 4 saturated carbocycles. The normalized spacial score (nSPS) is 38.9. The summed E-state index contributed by atoms with van der Waals surface area (Å²) in [5.74, 6) is 3.31. The number of allylic oxidation sites excluding steroid dienone is 10.